The van der Waals surface area contributed by atoms with Crippen LogP contribution in [0.3, 0.4) is 0 Å². The van der Waals surface area contributed by atoms with Crippen LogP contribution in [0.5, 0.6) is 0 Å². The minimum atomic E-state index is -0.324. The van der Waals surface area contributed by atoms with Crippen LogP contribution in [0.1, 0.15) is 34.1 Å². The van der Waals surface area contributed by atoms with E-state index in [9.17, 15) is 4.79 Å². The lowest BCUT2D eigenvalue weighted by Crippen LogP contribution is -3.00. The number of hydrogen-bond acceptors (Lipinski definition) is 2. The predicted molar refractivity (Wildman–Crippen MR) is 67.1 cm³/mol. The summed E-state index contributed by atoms with van der Waals surface area (Å²) >= 11 is 0. The molecule has 0 saturated heterocycles. The van der Waals surface area contributed by atoms with Crippen LogP contribution in [-0.4, -0.2) is 42.7 Å². The highest BCUT2D eigenvalue weighted by Gasteiger charge is 2.28. The number of quaternary nitrogens is 1. The number of halogens is 1. The average Bonchev–Trinajstić information content (AvgIpc) is 2.31. The second-order valence-electron chi connectivity index (χ2n) is 4.18. The number of carbonyl (C=O) groups excluding carboxylic acids is 1. The van der Waals surface area contributed by atoms with Gasteiger partial charge in [0, 0.05) is 12.5 Å². The van der Waals surface area contributed by atoms with Gasteiger partial charge in [-0.3, -0.25) is 0 Å². The molecule has 0 aliphatic carbocycles. The summed E-state index contributed by atoms with van der Waals surface area (Å²) in [6.07, 6.45) is 2.13. The fourth-order valence-electron chi connectivity index (χ4n) is 2.27. The first-order chi connectivity index (χ1) is 7.56. The van der Waals surface area contributed by atoms with Crippen molar-refractivity contribution >= 4 is 5.97 Å². The highest BCUT2D eigenvalue weighted by Crippen LogP contribution is 2.16. The molecule has 0 aromatic carbocycles. The van der Waals surface area contributed by atoms with Crippen molar-refractivity contribution in [1.82, 2.24) is 0 Å². The molecule has 0 fully saturated rings. The molecule has 0 rings (SSSR count). The first-order valence-electron chi connectivity index (χ1n) is 6.21. The highest BCUT2D eigenvalue weighted by atomic mass is 35.5. The number of nitrogens with zero attached hydrogens (tertiary/aromatic N) is 1. The van der Waals surface area contributed by atoms with Crippen LogP contribution in [-0.2, 0) is 9.53 Å². The van der Waals surface area contributed by atoms with E-state index in [1.54, 1.807) is 0 Å². The Morgan fingerprint density at radius 2 is 1.76 bits per heavy atom. The van der Waals surface area contributed by atoms with E-state index < -0.39 is 0 Å². The average molecular weight is 264 g/mol. The summed E-state index contributed by atoms with van der Waals surface area (Å²) in [7, 11) is 0. The molecule has 0 aromatic rings. The summed E-state index contributed by atoms with van der Waals surface area (Å²) in [5.41, 5.74) is 0. The molecular formula is C13H26ClNO2. The lowest BCUT2D eigenvalue weighted by Gasteiger charge is -2.41. The van der Waals surface area contributed by atoms with Gasteiger partial charge in [-0.25, -0.2) is 4.79 Å². The topological polar surface area (TPSA) is 26.3 Å². The van der Waals surface area contributed by atoms with Crippen LogP contribution in [0.2, 0.25) is 0 Å². The van der Waals surface area contributed by atoms with Crippen molar-refractivity contribution in [3.05, 3.63) is 12.7 Å². The first-order valence-corrected chi connectivity index (χ1v) is 6.21. The van der Waals surface area contributed by atoms with E-state index in [-0.39, 0.29) is 18.4 Å². The van der Waals surface area contributed by atoms with Gasteiger partial charge >= 0.3 is 5.97 Å². The van der Waals surface area contributed by atoms with Crippen LogP contribution >= 0.6 is 0 Å². The molecule has 0 radical (unpaired) electrons. The van der Waals surface area contributed by atoms with E-state index in [0.717, 1.165) is 30.5 Å². The molecule has 0 aliphatic heterocycles. The van der Waals surface area contributed by atoms with Crippen LogP contribution in [0.15, 0.2) is 12.7 Å². The van der Waals surface area contributed by atoms with Crippen molar-refractivity contribution in [2.45, 2.75) is 40.2 Å². The Balaban J connectivity index is 0. The van der Waals surface area contributed by atoms with Gasteiger partial charge in [-0.1, -0.05) is 6.58 Å². The maximum absolute atomic E-state index is 10.9. The monoisotopic (exact) mass is 263 g/mol. The molecule has 0 amide bonds. The third-order valence-electron chi connectivity index (χ3n) is 3.77. The molecule has 0 heterocycles. The minimum Gasteiger partial charge on any atom is -1.00 e. The van der Waals surface area contributed by atoms with Crippen molar-refractivity contribution in [3.63, 3.8) is 0 Å². The standard InChI is InChI=1S/C13H26NO2.ClH/c1-6-13(15)16-11-10-12(5)14(7-2,8-3)9-4;/h6,12H,1,7-11H2,2-5H3;1H/q+1;/p-1. The van der Waals surface area contributed by atoms with Crippen LogP contribution in [0.25, 0.3) is 0 Å². The van der Waals surface area contributed by atoms with Gasteiger partial charge < -0.3 is 21.6 Å². The van der Waals surface area contributed by atoms with E-state index in [1.807, 2.05) is 0 Å². The summed E-state index contributed by atoms with van der Waals surface area (Å²) < 4.78 is 6.11. The van der Waals surface area contributed by atoms with Crippen LogP contribution in [0, 0.1) is 0 Å². The van der Waals surface area contributed by atoms with Gasteiger partial charge in [0.1, 0.15) is 0 Å². The van der Waals surface area contributed by atoms with Crippen molar-refractivity contribution in [2.24, 2.45) is 0 Å². The van der Waals surface area contributed by atoms with Gasteiger partial charge in [0.25, 0.3) is 0 Å². The summed E-state index contributed by atoms with van der Waals surface area (Å²) in [4.78, 5) is 10.9. The number of carbonyl (C=O) groups is 1. The van der Waals surface area contributed by atoms with E-state index >= 15 is 0 Å². The highest BCUT2D eigenvalue weighted by molar-refractivity contribution is 5.81. The second kappa shape index (κ2) is 9.49. The number of esters is 1. The molecule has 0 N–H and O–H groups in total. The molecule has 1 atom stereocenters. The summed E-state index contributed by atoms with van der Waals surface area (Å²) in [5.74, 6) is -0.324. The third kappa shape index (κ3) is 5.55. The van der Waals surface area contributed by atoms with Crippen LogP contribution in [0.4, 0.5) is 0 Å². The van der Waals surface area contributed by atoms with E-state index in [0.29, 0.717) is 12.6 Å². The Morgan fingerprint density at radius 3 is 2.12 bits per heavy atom. The smallest absolute Gasteiger partial charge is 0.330 e. The normalized spacial score (nSPS) is 12.5. The predicted octanol–water partition coefficient (Wildman–Crippen LogP) is -0.625. The Kier molecular flexibility index (Phi) is 10.5. The Labute approximate surface area is 112 Å². The van der Waals surface area contributed by atoms with Crippen molar-refractivity contribution < 1.29 is 26.4 Å². The molecule has 102 valence electrons. The van der Waals surface area contributed by atoms with Crippen molar-refractivity contribution in [1.29, 1.82) is 0 Å². The quantitative estimate of drug-likeness (QED) is 0.331. The largest absolute Gasteiger partial charge is 1.00 e. The van der Waals surface area contributed by atoms with Gasteiger partial charge in [0.05, 0.1) is 32.3 Å². The van der Waals surface area contributed by atoms with E-state index in [1.165, 1.54) is 6.08 Å². The molecule has 4 heteroatoms. The lowest BCUT2D eigenvalue weighted by molar-refractivity contribution is -0.945. The fraction of sp³-hybridized carbons (Fsp3) is 0.769. The van der Waals surface area contributed by atoms with Gasteiger partial charge in [-0.05, 0) is 27.7 Å². The zero-order valence-electron chi connectivity index (χ0n) is 11.5. The molecule has 0 aliphatic rings. The molecule has 0 bridgehead atoms. The van der Waals surface area contributed by atoms with Crippen LogP contribution < -0.4 is 12.4 Å². The molecular weight excluding hydrogens is 238 g/mol. The SMILES string of the molecule is C=CC(=O)OCCC(C)[N+](CC)(CC)CC.[Cl-]. The van der Waals surface area contributed by atoms with Gasteiger partial charge in [0.2, 0.25) is 0 Å². The number of ether oxygens (including phenoxy) is 1. The molecule has 1 unspecified atom stereocenters. The maximum Gasteiger partial charge on any atom is 0.330 e. The third-order valence-corrected chi connectivity index (χ3v) is 3.77. The first kappa shape index (κ1) is 18.8. The molecule has 0 aromatic heterocycles. The molecule has 0 spiro atoms. The molecule has 3 nitrogen and oxygen atoms in total. The Morgan fingerprint density at radius 1 is 1.29 bits per heavy atom. The minimum absolute atomic E-state index is 0. The zero-order chi connectivity index (χ0) is 12.6. The van der Waals surface area contributed by atoms with E-state index in [4.69, 9.17) is 4.74 Å². The number of rotatable bonds is 8. The van der Waals surface area contributed by atoms with E-state index in [2.05, 4.69) is 34.3 Å². The zero-order valence-corrected chi connectivity index (χ0v) is 12.3. The van der Waals surface area contributed by atoms with Crippen molar-refractivity contribution in [3.8, 4) is 0 Å². The number of hydrogen-bond donors (Lipinski definition) is 0. The second-order valence-corrected chi connectivity index (χ2v) is 4.18. The van der Waals surface area contributed by atoms with Crippen molar-refractivity contribution in [2.75, 3.05) is 26.2 Å². The van der Waals surface area contributed by atoms with Gasteiger partial charge in [-0.2, -0.15) is 0 Å². The molecule has 17 heavy (non-hydrogen) atoms. The summed E-state index contributed by atoms with van der Waals surface area (Å²) in [6, 6.07) is 0.526. The Hall–Kier alpha value is -0.540. The summed E-state index contributed by atoms with van der Waals surface area (Å²) in [5, 5.41) is 0. The van der Waals surface area contributed by atoms with Gasteiger partial charge in [-0.15, -0.1) is 0 Å². The lowest BCUT2D eigenvalue weighted by atomic mass is 10.1. The maximum atomic E-state index is 10.9. The summed E-state index contributed by atoms with van der Waals surface area (Å²) in [6.45, 7) is 16.2. The Bertz CT molecular complexity index is 219. The van der Waals surface area contributed by atoms with Gasteiger partial charge in [0.15, 0.2) is 0 Å². The molecule has 0 saturated carbocycles. The fourth-order valence-corrected chi connectivity index (χ4v) is 2.27.